The van der Waals surface area contributed by atoms with E-state index in [0.29, 0.717) is 6.29 Å². The van der Waals surface area contributed by atoms with E-state index in [0.717, 1.165) is 0 Å². The van der Waals surface area contributed by atoms with E-state index >= 15 is 0 Å². The van der Waals surface area contributed by atoms with Crippen molar-refractivity contribution in [1.82, 2.24) is 0 Å². The number of carbonyl (C=O) groups is 1. The zero-order chi connectivity index (χ0) is 7.56. The highest BCUT2D eigenvalue weighted by Gasteiger charge is 2.06. The van der Waals surface area contributed by atoms with Crippen molar-refractivity contribution in [2.24, 2.45) is 0 Å². The van der Waals surface area contributed by atoms with Gasteiger partial charge in [0.2, 0.25) is 5.76 Å². The average Bonchev–Trinajstić information content (AvgIpc) is 2.30. The zero-order valence-corrected chi connectivity index (χ0v) is 5.07. The summed E-state index contributed by atoms with van der Waals surface area (Å²) in [4.78, 5) is 10.0. The molecule has 10 heavy (non-hydrogen) atoms. The Kier molecular flexibility index (Phi) is 1.73. The zero-order valence-electron chi connectivity index (χ0n) is 5.07. The second-order valence-electron chi connectivity index (χ2n) is 1.74. The van der Waals surface area contributed by atoms with Gasteiger partial charge in [-0.25, -0.2) is 0 Å². The summed E-state index contributed by atoms with van der Waals surface area (Å²) in [6.07, 6.45) is 0.383. The molecule has 1 heterocycles. The summed E-state index contributed by atoms with van der Waals surface area (Å²) in [6, 6.07) is 1.20. The van der Waals surface area contributed by atoms with E-state index in [1.54, 1.807) is 0 Å². The van der Waals surface area contributed by atoms with Crippen LogP contribution in [-0.2, 0) is 6.61 Å². The first-order chi connectivity index (χ1) is 4.77. The third-order valence-corrected chi connectivity index (χ3v) is 1.05. The molecule has 0 aromatic carbocycles. The van der Waals surface area contributed by atoms with Crippen molar-refractivity contribution in [2.75, 3.05) is 0 Å². The molecule has 0 amide bonds. The van der Waals surface area contributed by atoms with Crippen molar-refractivity contribution < 1.29 is 19.4 Å². The van der Waals surface area contributed by atoms with Crippen LogP contribution in [0.5, 0.6) is 5.75 Å². The van der Waals surface area contributed by atoms with Crippen molar-refractivity contribution in [3.8, 4) is 5.75 Å². The maximum absolute atomic E-state index is 10.0. The third kappa shape index (κ3) is 1.01. The van der Waals surface area contributed by atoms with E-state index in [-0.39, 0.29) is 23.9 Å². The smallest absolute Gasteiger partial charge is 0.208 e. The molecule has 54 valence electrons. The first-order valence-electron chi connectivity index (χ1n) is 2.65. The minimum Gasteiger partial charge on any atom is -0.504 e. The number of aldehydes is 1. The number of aliphatic hydroxyl groups is 1. The molecule has 4 nitrogen and oxygen atoms in total. The van der Waals surface area contributed by atoms with Gasteiger partial charge < -0.3 is 14.6 Å². The molecule has 2 N–H and O–H groups in total. The van der Waals surface area contributed by atoms with E-state index in [2.05, 4.69) is 4.42 Å². The molecule has 0 atom stereocenters. The van der Waals surface area contributed by atoms with Crippen LogP contribution in [0.1, 0.15) is 16.3 Å². The van der Waals surface area contributed by atoms with Crippen LogP contribution >= 0.6 is 0 Å². The molecule has 1 aromatic heterocycles. The number of furan rings is 1. The molecule has 0 aliphatic heterocycles. The van der Waals surface area contributed by atoms with Crippen LogP contribution in [0.3, 0.4) is 0 Å². The lowest BCUT2D eigenvalue weighted by Gasteiger charge is -1.82. The van der Waals surface area contributed by atoms with Crippen LogP contribution in [0.15, 0.2) is 10.5 Å². The quantitative estimate of drug-likeness (QED) is 0.582. The Morgan fingerprint density at radius 2 is 2.40 bits per heavy atom. The highest BCUT2D eigenvalue weighted by Crippen LogP contribution is 2.19. The first kappa shape index (κ1) is 6.82. The summed E-state index contributed by atoms with van der Waals surface area (Å²) in [6.45, 7) is -0.318. The van der Waals surface area contributed by atoms with Crippen LogP contribution in [0.4, 0.5) is 0 Å². The molecule has 0 radical (unpaired) electrons. The maximum Gasteiger partial charge on any atom is 0.208 e. The van der Waals surface area contributed by atoms with E-state index in [4.69, 9.17) is 10.2 Å². The van der Waals surface area contributed by atoms with Crippen molar-refractivity contribution in [3.63, 3.8) is 0 Å². The summed E-state index contributed by atoms with van der Waals surface area (Å²) < 4.78 is 4.64. The van der Waals surface area contributed by atoms with Crippen LogP contribution in [-0.4, -0.2) is 16.5 Å². The Labute approximate surface area is 56.7 Å². The lowest BCUT2D eigenvalue weighted by atomic mass is 10.4. The van der Waals surface area contributed by atoms with Gasteiger partial charge in [-0.05, 0) is 0 Å². The predicted octanol–water partition coefficient (Wildman–Crippen LogP) is 0.290. The minimum atomic E-state index is -0.318. The van der Waals surface area contributed by atoms with Crippen molar-refractivity contribution >= 4 is 6.29 Å². The number of hydrogen-bond donors (Lipinski definition) is 2. The van der Waals surface area contributed by atoms with Gasteiger partial charge in [0, 0.05) is 6.07 Å². The lowest BCUT2D eigenvalue weighted by molar-refractivity contribution is 0.109. The van der Waals surface area contributed by atoms with Crippen LogP contribution in [0.2, 0.25) is 0 Å². The summed E-state index contributed by atoms with van der Waals surface area (Å²) in [5, 5.41) is 17.3. The van der Waals surface area contributed by atoms with Gasteiger partial charge in [0.05, 0.1) is 0 Å². The molecule has 0 saturated carbocycles. The Bertz CT molecular complexity index is 238. The fourth-order valence-corrected chi connectivity index (χ4v) is 0.609. The highest BCUT2D eigenvalue weighted by atomic mass is 16.4. The van der Waals surface area contributed by atoms with E-state index in [1.165, 1.54) is 6.07 Å². The molecule has 0 bridgehead atoms. The standard InChI is InChI=1S/C6H6O4/c7-2-4-1-5(9)6(3-8)10-4/h1,3,7,9H,2H2. The molecule has 1 rings (SSSR count). The van der Waals surface area contributed by atoms with Crippen LogP contribution < -0.4 is 0 Å². The molecule has 0 spiro atoms. The van der Waals surface area contributed by atoms with Gasteiger partial charge in [-0.15, -0.1) is 0 Å². The summed E-state index contributed by atoms with van der Waals surface area (Å²) in [7, 11) is 0. The monoisotopic (exact) mass is 142 g/mol. The number of aromatic hydroxyl groups is 1. The second kappa shape index (κ2) is 2.53. The van der Waals surface area contributed by atoms with Gasteiger partial charge in [0.1, 0.15) is 12.4 Å². The lowest BCUT2D eigenvalue weighted by Crippen LogP contribution is -1.74. The third-order valence-electron chi connectivity index (χ3n) is 1.05. The normalized spacial score (nSPS) is 9.70. The van der Waals surface area contributed by atoms with Crippen LogP contribution in [0, 0.1) is 0 Å². The number of carbonyl (C=O) groups excluding carboxylic acids is 1. The van der Waals surface area contributed by atoms with Gasteiger partial charge in [-0.2, -0.15) is 0 Å². The number of aliphatic hydroxyl groups excluding tert-OH is 1. The molecular formula is C6H6O4. The van der Waals surface area contributed by atoms with Crippen molar-refractivity contribution in [1.29, 1.82) is 0 Å². The second-order valence-corrected chi connectivity index (χ2v) is 1.74. The Balaban J connectivity index is 3.03. The van der Waals surface area contributed by atoms with Crippen molar-refractivity contribution in [3.05, 3.63) is 17.6 Å². The van der Waals surface area contributed by atoms with Crippen molar-refractivity contribution in [2.45, 2.75) is 6.61 Å². The molecule has 4 heteroatoms. The Hall–Kier alpha value is -1.29. The van der Waals surface area contributed by atoms with E-state index in [1.807, 2.05) is 0 Å². The van der Waals surface area contributed by atoms with Gasteiger partial charge in [-0.1, -0.05) is 0 Å². The maximum atomic E-state index is 10.0. The largest absolute Gasteiger partial charge is 0.504 e. The summed E-state index contributed by atoms with van der Waals surface area (Å²) in [5.74, 6) is -0.206. The SMILES string of the molecule is O=Cc1oc(CO)cc1O. The molecular weight excluding hydrogens is 136 g/mol. The Morgan fingerprint density at radius 1 is 1.70 bits per heavy atom. The number of hydrogen-bond acceptors (Lipinski definition) is 4. The van der Waals surface area contributed by atoms with Gasteiger partial charge in [0.25, 0.3) is 0 Å². The highest BCUT2D eigenvalue weighted by molar-refractivity contribution is 5.74. The average molecular weight is 142 g/mol. The first-order valence-corrected chi connectivity index (χ1v) is 2.65. The van der Waals surface area contributed by atoms with E-state index < -0.39 is 0 Å². The molecule has 0 aliphatic rings. The molecule has 0 fully saturated rings. The van der Waals surface area contributed by atoms with Crippen LogP contribution in [0.25, 0.3) is 0 Å². The molecule has 1 aromatic rings. The summed E-state index contributed by atoms with van der Waals surface area (Å²) in [5.41, 5.74) is 0. The van der Waals surface area contributed by atoms with Gasteiger partial charge in [0.15, 0.2) is 12.0 Å². The molecule has 0 aliphatic carbocycles. The fraction of sp³-hybridized carbons (Fsp3) is 0.167. The Morgan fingerprint density at radius 3 is 2.70 bits per heavy atom. The number of rotatable bonds is 2. The minimum absolute atomic E-state index is 0.149. The predicted molar refractivity (Wildman–Crippen MR) is 31.7 cm³/mol. The van der Waals surface area contributed by atoms with Gasteiger partial charge >= 0.3 is 0 Å². The molecule has 0 saturated heterocycles. The molecule has 0 unspecified atom stereocenters. The summed E-state index contributed by atoms with van der Waals surface area (Å²) >= 11 is 0. The van der Waals surface area contributed by atoms with Gasteiger partial charge in [-0.3, -0.25) is 4.79 Å². The van der Waals surface area contributed by atoms with E-state index in [9.17, 15) is 4.79 Å². The fourth-order valence-electron chi connectivity index (χ4n) is 0.609. The topological polar surface area (TPSA) is 70.7 Å².